The zero-order valence-corrected chi connectivity index (χ0v) is 18.5. The van der Waals surface area contributed by atoms with Crippen LogP contribution in [0, 0.1) is 12.4 Å². The summed E-state index contributed by atoms with van der Waals surface area (Å²) >= 11 is 0. The predicted molar refractivity (Wildman–Crippen MR) is 123 cm³/mol. The molecule has 0 amide bonds. The summed E-state index contributed by atoms with van der Waals surface area (Å²) in [6, 6.07) is 8.01. The molecule has 0 unspecified atom stereocenters. The van der Waals surface area contributed by atoms with Crippen LogP contribution < -0.4 is 10.9 Å². The Morgan fingerprint density at radius 3 is 2.58 bits per heavy atom. The Hall–Kier alpha value is -4.30. The van der Waals surface area contributed by atoms with Crippen LogP contribution in [0.15, 0.2) is 53.5 Å². The molecule has 0 spiro atoms. The Morgan fingerprint density at radius 2 is 1.97 bits per heavy atom. The van der Waals surface area contributed by atoms with Crippen molar-refractivity contribution in [2.75, 3.05) is 6.54 Å². The van der Waals surface area contributed by atoms with E-state index in [1.165, 1.54) is 28.8 Å². The van der Waals surface area contributed by atoms with Gasteiger partial charge in [0.15, 0.2) is 17.3 Å². The topological polar surface area (TPSA) is 84.4 Å². The first-order valence-electron chi connectivity index (χ1n) is 10.9. The first-order chi connectivity index (χ1) is 17.2. The maximum atomic E-state index is 14.2. The van der Waals surface area contributed by atoms with Crippen LogP contribution in [0.4, 0.5) is 23.2 Å². The molecule has 0 saturated carbocycles. The average molecular weight is 495 g/mol. The van der Waals surface area contributed by atoms with Crippen LogP contribution in [0.3, 0.4) is 0 Å². The molecule has 36 heavy (non-hydrogen) atoms. The molecule has 0 bridgehead atoms. The highest BCUT2D eigenvalue weighted by atomic mass is 19.4. The van der Waals surface area contributed by atoms with Gasteiger partial charge in [-0.3, -0.25) is 14.3 Å². The minimum absolute atomic E-state index is 0.0358. The number of phenolic OH excluding ortho intramolecular Hbond substituents is 1. The van der Waals surface area contributed by atoms with Crippen molar-refractivity contribution in [3.05, 3.63) is 87.8 Å². The van der Waals surface area contributed by atoms with Crippen LogP contribution in [0.1, 0.15) is 30.4 Å². The first-order valence-corrected chi connectivity index (χ1v) is 10.9. The maximum Gasteiger partial charge on any atom is 0.433 e. The number of alkyl halides is 3. The van der Waals surface area contributed by atoms with E-state index in [1.54, 1.807) is 0 Å². The quantitative estimate of drug-likeness (QED) is 0.298. The molecule has 182 valence electrons. The third-order valence-electron chi connectivity index (χ3n) is 6.04. The van der Waals surface area contributed by atoms with Gasteiger partial charge in [0.2, 0.25) is 0 Å². The molecule has 1 saturated heterocycles. The molecular weight excluding hydrogens is 478 g/mol. The number of phenols is 1. The number of hydrogen-bond donors (Lipinski definition) is 2. The highest BCUT2D eigenvalue weighted by Gasteiger charge is 2.32. The summed E-state index contributed by atoms with van der Waals surface area (Å²) in [7, 11) is 0. The van der Waals surface area contributed by atoms with Crippen molar-refractivity contribution in [1.29, 1.82) is 0 Å². The lowest BCUT2D eigenvalue weighted by Gasteiger charge is -2.20. The van der Waals surface area contributed by atoms with Gasteiger partial charge in [-0.15, -0.1) is 0 Å². The van der Waals surface area contributed by atoms with Crippen molar-refractivity contribution < 1.29 is 22.7 Å². The molecule has 11 heteroatoms. The highest BCUT2D eigenvalue weighted by Crippen LogP contribution is 2.35. The summed E-state index contributed by atoms with van der Waals surface area (Å²) in [5.41, 5.74) is -0.721. The van der Waals surface area contributed by atoms with E-state index in [0.29, 0.717) is 13.0 Å². The van der Waals surface area contributed by atoms with Gasteiger partial charge >= 0.3 is 6.18 Å². The molecule has 1 aliphatic heterocycles. The summed E-state index contributed by atoms with van der Waals surface area (Å²) in [5, 5.41) is 12.9. The van der Waals surface area contributed by atoms with Gasteiger partial charge in [0.25, 0.3) is 5.56 Å². The van der Waals surface area contributed by atoms with E-state index in [0.717, 1.165) is 30.8 Å². The largest absolute Gasteiger partial charge is 0.505 e. The van der Waals surface area contributed by atoms with Gasteiger partial charge in [0, 0.05) is 17.8 Å². The van der Waals surface area contributed by atoms with Crippen LogP contribution in [0.2, 0.25) is 0 Å². The van der Waals surface area contributed by atoms with Crippen LogP contribution in [0.25, 0.3) is 32.6 Å². The molecule has 7 nitrogen and oxygen atoms in total. The zero-order valence-electron chi connectivity index (χ0n) is 18.5. The molecule has 4 aromatic rings. The number of aromatic hydroxyl groups is 1. The summed E-state index contributed by atoms with van der Waals surface area (Å²) < 4.78 is 54.5. The van der Waals surface area contributed by atoms with E-state index in [1.807, 2.05) is 0 Å². The summed E-state index contributed by atoms with van der Waals surface area (Å²) in [5.74, 6) is -1.21. The standard InChI is InChI=1S/C25H17F4N5O2/c1-30-14-9-16(13-4-7-21(32-12-13)25(27,28)29)22-17(10-14)24(36)34(15-5-6-20(35)18(26)11-15)23(33-22)19-3-2-8-31-19/h4-7,9-12,19,31,35H,2-3,8H2/t19-/m1/s1. The fourth-order valence-electron chi connectivity index (χ4n) is 4.32. The minimum atomic E-state index is -4.62. The van der Waals surface area contributed by atoms with Crippen molar-refractivity contribution in [1.82, 2.24) is 19.9 Å². The second-order valence-electron chi connectivity index (χ2n) is 8.33. The second kappa shape index (κ2) is 8.73. The van der Waals surface area contributed by atoms with Gasteiger partial charge in [-0.25, -0.2) is 14.2 Å². The summed E-state index contributed by atoms with van der Waals surface area (Å²) in [6.45, 7) is 8.13. The summed E-state index contributed by atoms with van der Waals surface area (Å²) in [6.07, 6.45) is -2.13. The monoisotopic (exact) mass is 495 g/mol. The van der Waals surface area contributed by atoms with Crippen molar-refractivity contribution in [3.63, 3.8) is 0 Å². The summed E-state index contributed by atoms with van der Waals surface area (Å²) in [4.78, 5) is 25.4. The Labute approximate surface area is 201 Å². The maximum absolute atomic E-state index is 14.2. The van der Waals surface area contributed by atoms with Crippen molar-refractivity contribution in [2.45, 2.75) is 25.1 Å². The molecule has 2 aromatic heterocycles. The molecule has 2 aromatic carbocycles. The second-order valence-corrected chi connectivity index (χ2v) is 8.33. The lowest BCUT2D eigenvalue weighted by molar-refractivity contribution is -0.141. The van der Waals surface area contributed by atoms with E-state index >= 15 is 0 Å². The van der Waals surface area contributed by atoms with E-state index in [-0.39, 0.29) is 45.3 Å². The fourth-order valence-corrected chi connectivity index (χ4v) is 4.32. The molecule has 0 radical (unpaired) electrons. The van der Waals surface area contributed by atoms with E-state index < -0.39 is 29.0 Å². The van der Waals surface area contributed by atoms with Gasteiger partial charge in [-0.05, 0) is 55.3 Å². The molecule has 0 aliphatic carbocycles. The lowest BCUT2D eigenvalue weighted by atomic mass is 10.0. The molecule has 1 aliphatic rings. The van der Waals surface area contributed by atoms with Crippen molar-refractivity contribution in [2.24, 2.45) is 0 Å². The minimum Gasteiger partial charge on any atom is -0.505 e. The Morgan fingerprint density at radius 1 is 1.17 bits per heavy atom. The SMILES string of the molecule is [C-]#[N+]c1cc(-c2ccc(C(F)(F)F)nc2)c2nc([C@H]3CCCN3)n(-c3ccc(O)c(F)c3)c(=O)c2c1. The highest BCUT2D eigenvalue weighted by molar-refractivity contribution is 5.96. The van der Waals surface area contributed by atoms with Crippen molar-refractivity contribution in [3.8, 4) is 22.6 Å². The van der Waals surface area contributed by atoms with Gasteiger partial charge in [-0.1, -0.05) is 6.07 Å². The number of fused-ring (bicyclic) bond motifs is 1. The number of aromatic nitrogens is 3. The normalized spacial score (nSPS) is 15.8. The van der Waals surface area contributed by atoms with Gasteiger partial charge < -0.3 is 10.4 Å². The van der Waals surface area contributed by atoms with Gasteiger partial charge in [0.1, 0.15) is 11.5 Å². The predicted octanol–water partition coefficient (Wildman–Crippen LogP) is 5.29. The molecule has 1 fully saturated rings. The third-order valence-corrected chi connectivity index (χ3v) is 6.04. The van der Waals surface area contributed by atoms with E-state index in [4.69, 9.17) is 11.6 Å². The van der Waals surface area contributed by atoms with Crippen LogP contribution in [-0.4, -0.2) is 26.2 Å². The smallest absolute Gasteiger partial charge is 0.433 e. The number of benzene rings is 2. The van der Waals surface area contributed by atoms with Crippen molar-refractivity contribution >= 4 is 16.6 Å². The van der Waals surface area contributed by atoms with Crippen LogP contribution in [0.5, 0.6) is 5.75 Å². The number of nitrogens with one attached hydrogen (secondary N) is 1. The molecule has 5 rings (SSSR count). The van der Waals surface area contributed by atoms with Gasteiger partial charge in [0.05, 0.1) is 29.2 Å². The van der Waals surface area contributed by atoms with E-state index in [2.05, 4.69) is 15.1 Å². The van der Waals surface area contributed by atoms with E-state index in [9.17, 15) is 27.5 Å². The average Bonchev–Trinajstić information content (AvgIpc) is 3.40. The first kappa shape index (κ1) is 23.4. The van der Waals surface area contributed by atoms with Gasteiger partial charge in [-0.2, -0.15) is 13.2 Å². The Kier molecular flexibility index (Phi) is 5.68. The fraction of sp³-hybridized carbons (Fsp3) is 0.200. The molecular formula is C25H17F4N5O2. The zero-order chi connectivity index (χ0) is 25.6. The lowest BCUT2D eigenvalue weighted by Crippen LogP contribution is -2.29. The molecule has 1 atom stereocenters. The number of rotatable bonds is 3. The van der Waals surface area contributed by atoms with Crippen LogP contribution >= 0.6 is 0 Å². The Balaban J connectivity index is 1.82. The number of pyridine rings is 1. The number of hydrogen-bond acceptors (Lipinski definition) is 5. The molecule has 2 N–H and O–H groups in total. The number of nitrogens with zero attached hydrogens (tertiary/aromatic N) is 4. The molecule has 3 heterocycles. The Bertz CT molecular complexity index is 1580. The third kappa shape index (κ3) is 4.05. The number of halogens is 4. The van der Waals surface area contributed by atoms with Crippen LogP contribution in [-0.2, 0) is 6.18 Å².